The minimum atomic E-state index is -0.578. The molecule has 0 spiro atoms. The monoisotopic (exact) mass is 324 g/mol. The second-order valence-corrected chi connectivity index (χ2v) is 5.87. The number of anilines is 3. The Balaban J connectivity index is 1.69. The van der Waals surface area contributed by atoms with E-state index in [-0.39, 0.29) is 18.2 Å². The Morgan fingerprint density at radius 1 is 1.00 bits per heavy atom. The van der Waals surface area contributed by atoms with Crippen molar-refractivity contribution < 1.29 is 9.59 Å². The second kappa shape index (κ2) is 6.72. The molecule has 0 saturated carbocycles. The van der Waals surface area contributed by atoms with E-state index in [2.05, 4.69) is 10.9 Å². The Morgan fingerprint density at radius 2 is 1.67 bits per heavy atom. The molecule has 0 aromatic heterocycles. The van der Waals surface area contributed by atoms with Gasteiger partial charge < -0.3 is 10.3 Å². The van der Waals surface area contributed by atoms with E-state index in [1.165, 1.54) is 4.90 Å². The zero-order chi connectivity index (χ0) is 17.1. The van der Waals surface area contributed by atoms with Crippen LogP contribution in [0.15, 0.2) is 54.6 Å². The smallest absolute Gasteiger partial charge is 0.253 e. The predicted octanol–water partition coefficient (Wildman–Crippen LogP) is 2.00. The van der Waals surface area contributed by atoms with Gasteiger partial charge in [0.15, 0.2) is 0 Å². The normalized spacial score (nSPS) is 17.2. The van der Waals surface area contributed by atoms with E-state index < -0.39 is 6.04 Å². The van der Waals surface area contributed by atoms with E-state index in [1.807, 2.05) is 61.5 Å². The second-order valence-electron chi connectivity index (χ2n) is 5.87. The number of para-hydroxylation sites is 1. The van der Waals surface area contributed by atoms with Crippen LogP contribution in [0.25, 0.3) is 0 Å². The van der Waals surface area contributed by atoms with Gasteiger partial charge in [-0.3, -0.25) is 9.59 Å². The molecule has 24 heavy (non-hydrogen) atoms. The van der Waals surface area contributed by atoms with Crippen LogP contribution in [0, 0.1) is 0 Å². The molecule has 124 valence electrons. The van der Waals surface area contributed by atoms with Crippen molar-refractivity contribution in [3.8, 4) is 0 Å². The number of hydrazine groups is 1. The van der Waals surface area contributed by atoms with Gasteiger partial charge in [-0.25, -0.2) is 10.3 Å². The highest BCUT2D eigenvalue weighted by molar-refractivity contribution is 6.22. The fourth-order valence-electron chi connectivity index (χ4n) is 2.61. The molecule has 1 aliphatic heterocycles. The molecule has 2 amide bonds. The van der Waals surface area contributed by atoms with E-state index in [9.17, 15) is 9.59 Å². The molecule has 1 atom stereocenters. The third-order valence-electron chi connectivity index (χ3n) is 3.94. The number of carbonyl (C=O) groups is 2. The fourth-order valence-corrected chi connectivity index (χ4v) is 2.61. The number of nitrogens with one attached hydrogen (secondary N) is 2. The van der Waals surface area contributed by atoms with Crippen molar-refractivity contribution in [2.75, 3.05) is 29.3 Å². The maximum Gasteiger partial charge on any atom is 0.253 e. The summed E-state index contributed by atoms with van der Waals surface area (Å²) in [5, 5.41) is 0. The third kappa shape index (κ3) is 3.23. The molecule has 0 bridgehead atoms. The summed E-state index contributed by atoms with van der Waals surface area (Å²) in [5.74, 6) is -0.453. The number of amides is 2. The molecule has 2 N–H and O–H groups in total. The van der Waals surface area contributed by atoms with Gasteiger partial charge in [-0.2, -0.15) is 0 Å². The first-order chi connectivity index (χ1) is 11.6. The van der Waals surface area contributed by atoms with Gasteiger partial charge in [-0.1, -0.05) is 18.2 Å². The van der Waals surface area contributed by atoms with E-state index >= 15 is 0 Å². The lowest BCUT2D eigenvalue weighted by atomic mass is 10.2. The van der Waals surface area contributed by atoms with Crippen molar-refractivity contribution in [2.24, 2.45) is 0 Å². The van der Waals surface area contributed by atoms with Crippen LogP contribution in [0.5, 0.6) is 0 Å². The summed E-state index contributed by atoms with van der Waals surface area (Å²) in [7, 11) is 3.88. The highest BCUT2D eigenvalue weighted by Crippen LogP contribution is 2.25. The minimum Gasteiger partial charge on any atom is -0.378 e. The van der Waals surface area contributed by atoms with Gasteiger partial charge in [0.25, 0.3) is 5.91 Å². The fraction of sp³-hybridized carbons (Fsp3) is 0.222. The highest BCUT2D eigenvalue weighted by Gasteiger charge is 2.39. The highest BCUT2D eigenvalue weighted by atomic mass is 16.2. The maximum absolute atomic E-state index is 12.5. The van der Waals surface area contributed by atoms with Crippen molar-refractivity contribution in [2.45, 2.75) is 12.5 Å². The lowest BCUT2D eigenvalue weighted by Gasteiger charge is -2.18. The first-order valence-corrected chi connectivity index (χ1v) is 7.77. The van der Waals surface area contributed by atoms with Crippen LogP contribution in [0.3, 0.4) is 0 Å². The SMILES string of the molecule is CN(C)c1ccc(N2C(=O)C[C@@H](NNc3ccccc3)C2=O)cc1. The van der Waals surface area contributed by atoms with Crippen LogP contribution in [0.4, 0.5) is 17.1 Å². The van der Waals surface area contributed by atoms with Gasteiger partial charge in [0.05, 0.1) is 12.1 Å². The van der Waals surface area contributed by atoms with Gasteiger partial charge in [-0.15, -0.1) is 0 Å². The number of benzene rings is 2. The van der Waals surface area contributed by atoms with Crippen molar-refractivity contribution in [1.82, 2.24) is 5.43 Å². The third-order valence-corrected chi connectivity index (χ3v) is 3.94. The van der Waals surface area contributed by atoms with E-state index in [0.29, 0.717) is 5.69 Å². The van der Waals surface area contributed by atoms with Crippen molar-refractivity contribution in [3.05, 3.63) is 54.6 Å². The Morgan fingerprint density at radius 3 is 2.29 bits per heavy atom. The van der Waals surface area contributed by atoms with Gasteiger partial charge in [-0.05, 0) is 36.4 Å². The lowest BCUT2D eigenvalue weighted by Crippen LogP contribution is -2.41. The molecule has 2 aromatic carbocycles. The summed E-state index contributed by atoms with van der Waals surface area (Å²) in [5.41, 5.74) is 8.36. The molecule has 0 aliphatic carbocycles. The van der Waals surface area contributed by atoms with Crippen molar-refractivity contribution in [3.63, 3.8) is 0 Å². The summed E-state index contributed by atoms with van der Waals surface area (Å²) in [4.78, 5) is 28.0. The van der Waals surface area contributed by atoms with Crippen LogP contribution in [-0.4, -0.2) is 32.0 Å². The molecule has 1 saturated heterocycles. The maximum atomic E-state index is 12.5. The van der Waals surface area contributed by atoms with E-state index in [0.717, 1.165) is 11.4 Å². The first kappa shape index (κ1) is 16.0. The Kier molecular flexibility index (Phi) is 4.48. The summed E-state index contributed by atoms with van der Waals surface area (Å²) >= 11 is 0. The molecule has 1 fully saturated rings. The molecule has 3 rings (SSSR count). The van der Waals surface area contributed by atoms with Gasteiger partial charge in [0.2, 0.25) is 5.91 Å². The number of rotatable bonds is 5. The van der Waals surface area contributed by atoms with Crippen LogP contribution >= 0.6 is 0 Å². The zero-order valence-corrected chi connectivity index (χ0v) is 13.7. The van der Waals surface area contributed by atoms with Crippen LogP contribution in [0.2, 0.25) is 0 Å². The number of carbonyl (C=O) groups excluding carboxylic acids is 2. The molecular weight excluding hydrogens is 304 g/mol. The van der Waals surface area contributed by atoms with Gasteiger partial charge in [0, 0.05) is 25.5 Å². The molecule has 0 radical (unpaired) electrons. The number of hydrogen-bond donors (Lipinski definition) is 2. The van der Waals surface area contributed by atoms with Crippen molar-refractivity contribution >= 4 is 28.9 Å². The van der Waals surface area contributed by atoms with Crippen LogP contribution < -0.4 is 20.7 Å². The van der Waals surface area contributed by atoms with E-state index in [1.54, 1.807) is 12.1 Å². The minimum absolute atomic E-state index is 0.133. The molecule has 6 heteroatoms. The quantitative estimate of drug-likeness (QED) is 0.650. The average Bonchev–Trinajstić information content (AvgIpc) is 2.88. The summed E-state index contributed by atoms with van der Waals surface area (Å²) in [6, 6.07) is 16.2. The molecular formula is C18H20N4O2. The molecule has 6 nitrogen and oxygen atoms in total. The Labute approximate surface area is 141 Å². The molecule has 2 aromatic rings. The number of nitrogens with zero attached hydrogens (tertiary/aromatic N) is 2. The molecule has 1 heterocycles. The molecule has 0 unspecified atom stereocenters. The average molecular weight is 324 g/mol. The summed E-state index contributed by atoms with van der Waals surface area (Å²) in [6.07, 6.45) is 0.133. The predicted molar refractivity (Wildman–Crippen MR) is 94.9 cm³/mol. The standard InChI is InChI=1S/C18H20N4O2/c1-21(2)14-8-10-15(11-9-14)22-17(23)12-16(18(22)24)20-19-13-6-4-3-5-7-13/h3-11,16,19-20H,12H2,1-2H3/t16-/m1/s1. The van der Waals surface area contributed by atoms with Crippen molar-refractivity contribution in [1.29, 1.82) is 0 Å². The van der Waals surface area contributed by atoms with Gasteiger partial charge >= 0.3 is 0 Å². The Bertz CT molecular complexity index is 728. The van der Waals surface area contributed by atoms with E-state index in [4.69, 9.17) is 0 Å². The van der Waals surface area contributed by atoms with Crippen LogP contribution in [0.1, 0.15) is 6.42 Å². The first-order valence-electron chi connectivity index (χ1n) is 7.77. The van der Waals surface area contributed by atoms with Gasteiger partial charge in [0.1, 0.15) is 6.04 Å². The summed E-state index contributed by atoms with van der Waals surface area (Å²) in [6.45, 7) is 0. The lowest BCUT2D eigenvalue weighted by molar-refractivity contribution is -0.121. The zero-order valence-electron chi connectivity index (χ0n) is 13.7. The molecule has 1 aliphatic rings. The number of hydrogen-bond acceptors (Lipinski definition) is 5. The Hall–Kier alpha value is -2.86. The largest absolute Gasteiger partial charge is 0.378 e. The van der Waals surface area contributed by atoms with Crippen LogP contribution in [-0.2, 0) is 9.59 Å². The number of imide groups is 1. The topological polar surface area (TPSA) is 64.7 Å². The summed E-state index contributed by atoms with van der Waals surface area (Å²) < 4.78 is 0.